The van der Waals surface area contributed by atoms with E-state index in [9.17, 15) is 14.7 Å². The van der Waals surface area contributed by atoms with Gasteiger partial charge in [0.25, 0.3) is 0 Å². The molecule has 1 fully saturated rings. The number of rotatable bonds is 7. The number of carbonyl (C=O) groups is 2. The number of hydrogen-bond donors (Lipinski definition) is 1. The van der Waals surface area contributed by atoms with Crippen molar-refractivity contribution in [3.05, 3.63) is 35.9 Å². The highest BCUT2D eigenvalue weighted by atomic mass is 16.6. The number of amides is 1. The molecule has 1 aliphatic rings. The van der Waals surface area contributed by atoms with E-state index in [2.05, 4.69) is 20.8 Å². The molecule has 1 heterocycles. The fraction of sp³-hybridized carbons (Fsp3) is 0.600. The van der Waals surface area contributed by atoms with Crippen LogP contribution in [0.15, 0.2) is 30.3 Å². The Hall–Kier alpha value is -2.08. The molecule has 0 saturated carbocycles. The zero-order valence-corrected chi connectivity index (χ0v) is 15.9. The van der Waals surface area contributed by atoms with E-state index in [-0.39, 0.29) is 18.6 Å². The molecular weight excluding hydrogens is 334 g/mol. The summed E-state index contributed by atoms with van der Waals surface area (Å²) >= 11 is 0. The van der Waals surface area contributed by atoms with Crippen molar-refractivity contribution in [2.75, 3.05) is 19.8 Å². The van der Waals surface area contributed by atoms with Crippen LogP contribution in [0.2, 0.25) is 0 Å². The lowest BCUT2D eigenvalue weighted by Crippen LogP contribution is -2.56. The standard InChI is InChI=1S/C20H29NO5/c1-19(2,3)11-13-26-18(24)21-12-7-10-20(21,17(22)23)15-25-14-16-8-5-4-6-9-16/h4-6,8-9H,7,10-15H2,1-3H3,(H,22,23). The van der Waals surface area contributed by atoms with Crippen LogP contribution in [0.4, 0.5) is 4.79 Å². The number of hydrogen-bond acceptors (Lipinski definition) is 4. The molecule has 26 heavy (non-hydrogen) atoms. The van der Waals surface area contributed by atoms with Crippen molar-refractivity contribution in [2.24, 2.45) is 5.41 Å². The minimum absolute atomic E-state index is 0.0496. The van der Waals surface area contributed by atoms with Gasteiger partial charge in [-0.1, -0.05) is 51.1 Å². The molecule has 144 valence electrons. The summed E-state index contributed by atoms with van der Waals surface area (Å²) in [6.45, 7) is 7.10. The minimum Gasteiger partial charge on any atom is -0.479 e. The van der Waals surface area contributed by atoms with Gasteiger partial charge >= 0.3 is 12.1 Å². The molecule has 1 atom stereocenters. The highest BCUT2D eigenvalue weighted by Gasteiger charge is 2.51. The molecule has 6 nitrogen and oxygen atoms in total. The summed E-state index contributed by atoms with van der Waals surface area (Å²) in [5.74, 6) is -1.05. The zero-order valence-electron chi connectivity index (χ0n) is 15.9. The van der Waals surface area contributed by atoms with Gasteiger partial charge in [-0.3, -0.25) is 4.90 Å². The summed E-state index contributed by atoms with van der Waals surface area (Å²) in [5, 5.41) is 9.81. The zero-order chi connectivity index (χ0) is 19.2. The van der Waals surface area contributed by atoms with Crippen LogP contribution in [-0.2, 0) is 20.9 Å². The van der Waals surface area contributed by atoms with Crippen LogP contribution in [0.1, 0.15) is 45.6 Å². The third kappa shape index (κ3) is 5.21. The van der Waals surface area contributed by atoms with E-state index in [1.807, 2.05) is 30.3 Å². The lowest BCUT2D eigenvalue weighted by molar-refractivity contribution is -0.153. The second-order valence-electron chi connectivity index (χ2n) is 8.00. The lowest BCUT2D eigenvalue weighted by Gasteiger charge is -2.33. The number of carbonyl (C=O) groups excluding carboxylic acids is 1. The predicted octanol–water partition coefficient (Wildman–Crippen LogP) is 3.70. The van der Waals surface area contributed by atoms with Gasteiger partial charge in [0.1, 0.15) is 0 Å². The summed E-state index contributed by atoms with van der Waals surface area (Å²) in [7, 11) is 0. The minimum atomic E-state index is -1.35. The normalized spacial score (nSPS) is 20.2. The van der Waals surface area contributed by atoms with Gasteiger partial charge in [0.15, 0.2) is 5.54 Å². The van der Waals surface area contributed by atoms with E-state index >= 15 is 0 Å². The summed E-state index contributed by atoms with van der Waals surface area (Å²) < 4.78 is 11.0. The quantitative estimate of drug-likeness (QED) is 0.799. The number of aliphatic carboxylic acids is 1. The van der Waals surface area contributed by atoms with Crippen LogP contribution < -0.4 is 0 Å². The highest BCUT2D eigenvalue weighted by Crippen LogP contribution is 2.31. The van der Waals surface area contributed by atoms with Crippen molar-refractivity contribution in [2.45, 2.75) is 52.2 Å². The maximum Gasteiger partial charge on any atom is 0.410 e. The van der Waals surface area contributed by atoms with Gasteiger partial charge in [-0.05, 0) is 30.2 Å². The van der Waals surface area contributed by atoms with Gasteiger partial charge in [-0.15, -0.1) is 0 Å². The molecule has 1 amide bonds. The van der Waals surface area contributed by atoms with Crippen molar-refractivity contribution in [1.82, 2.24) is 4.90 Å². The molecule has 1 unspecified atom stereocenters. The van der Waals surface area contributed by atoms with Crippen LogP contribution in [0, 0.1) is 5.41 Å². The Kier molecular flexibility index (Phi) is 6.64. The van der Waals surface area contributed by atoms with Crippen molar-refractivity contribution in [3.63, 3.8) is 0 Å². The Morgan fingerprint density at radius 3 is 2.54 bits per heavy atom. The van der Waals surface area contributed by atoms with Gasteiger partial charge < -0.3 is 14.6 Å². The third-order valence-corrected chi connectivity index (χ3v) is 4.64. The fourth-order valence-corrected chi connectivity index (χ4v) is 3.01. The van der Waals surface area contributed by atoms with E-state index in [1.165, 1.54) is 4.90 Å². The Morgan fingerprint density at radius 2 is 1.92 bits per heavy atom. The summed E-state index contributed by atoms with van der Waals surface area (Å²) in [4.78, 5) is 25.8. The number of carboxylic acid groups (broad SMARTS) is 1. The van der Waals surface area contributed by atoms with Crippen LogP contribution in [0.25, 0.3) is 0 Å². The first-order chi connectivity index (χ1) is 12.2. The van der Waals surface area contributed by atoms with Gasteiger partial charge in [0.05, 0.1) is 19.8 Å². The van der Waals surface area contributed by atoms with E-state index in [4.69, 9.17) is 9.47 Å². The highest BCUT2D eigenvalue weighted by molar-refractivity contribution is 5.85. The molecule has 1 aliphatic heterocycles. The molecule has 0 aliphatic carbocycles. The van der Waals surface area contributed by atoms with Crippen LogP contribution in [-0.4, -0.2) is 47.4 Å². The SMILES string of the molecule is CC(C)(C)CCOC(=O)N1CCCC1(COCc1ccccc1)C(=O)O. The van der Waals surface area contributed by atoms with Crippen molar-refractivity contribution in [3.8, 4) is 0 Å². The Balaban J connectivity index is 1.98. The molecule has 1 aromatic carbocycles. The van der Waals surface area contributed by atoms with E-state index in [0.29, 0.717) is 26.0 Å². The lowest BCUT2D eigenvalue weighted by atomic mass is 9.93. The first kappa shape index (κ1) is 20.2. The molecule has 0 aromatic heterocycles. The first-order valence-corrected chi connectivity index (χ1v) is 9.04. The number of benzene rings is 1. The van der Waals surface area contributed by atoms with Crippen molar-refractivity contribution >= 4 is 12.1 Å². The molecular formula is C20H29NO5. The fourth-order valence-electron chi connectivity index (χ4n) is 3.01. The summed E-state index contributed by atoms with van der Waals surface area (Å²) in [6, 6.07) is 9.55. The van der Waals surface area contributed by atoms with Crippen LogP contribution in [0.5, 0.6) is 0 Å². The summed E-state index contributed by atoms with van der Waals surface area (Å²) in [5.41, 5.74) is -0.341. The molecule has 1 N–H and O–H groups in total. The molecule has 0 radical (unpaired) electrons. The second-order valence-corrected chi connectivity index (χ2v) is 8.00. The maximum absolute atomic E-state index is 12.5. The third-order valence-electron chi connectivity index (χ3n) is 4.64. The number of nitrogens with zero attached hydrogens (tertiary/aromatic N) is 1. The maximum atomic E-state index is 12.5. The molecule has 0 bridgehead atoms. The Morgan fingerprint density at radius 1 is 1.23 bits per heavy atom. The van der Waals surface area contributed by atoms with Crippen LogP contribution in [0.3, 0.4) is 0 Å². The van der Waals surface area contributed by atoms with Gasteiger partial charge in [0, 0.05) is 6.54 Å². The van der Waals surface area contributed by atoms with Gasteiger partial charge in [-0.25, -0.2) is 9.59 Å². The molecule has 6 heteroatoms. The number of carboxylic acids is 1. The van der Waals surface area contributed by atoms with E-state index in [0.717, 1.165) is 12.0 Å². The molecule has 1 aromatic rings. The largest absolute Gasteiger partial charge is 0.479 e. The Labute approximate surface area is 155 Å². The predicted molar refractivity (Wildman–Crippen MR) is 97.8 cm³/mol. The average Bonchev–Trinajstić information content (AvgIpc) is 3.00. The van der Waals surface area contributed by atoms with E-state index < -0.39 is 17.6 Å². The molecule has 1 saturated heterocycles. The smallest absolute Gasteiger partial charge is 0.410 e. The molecule has 2 rings (SSSR count). The Bertz CT molecular complexity index is 610. The first-order valence-electron chi connectivity index (χ1n) is 9.04. The second kappa shape index (κ2) is 8.54. The average molecular weight is 363 g/mol. The van der Waals surface area contributed by atoms with E-state index in [1.54, 1.807) is 0 Å². The summed E-state index contributed by atoms with van der Waals surface area (Å²) in [6.07, 6.45) is 1.13. The van der Waals surface area contributed by atoms with Crippen LogP contribution >= 0.6 is 0 Å². The van der Waals surface area contributed by atoms with Gasteiger partial charge in [0.2, 0.25) is 0 Å². The number of ether oxygens (including phenoxy) is 2. The topological polar surface area (TPSA) is 76.1 Å². The molecule has 0 spiro atoms. The monoisotopic (exact) mass is 363 g/mol. The number of likely N-dealkylation sites (tertiary alicyclic amines) is 1. The van der Waals surface area contributed by atoms with Gasteiger partial charge in [-0.2, -0.15) is 0 Å². The van der Waals surface area contributed by atoms with Crippen molar-refractivity contribution in [1.29, 1.82) is 0 Å². The van der Waals surface area contributed by atoms with Crippen molar-refractivity contribution < 1.29 is 24.2 Å².